The highest BCUT2D eigenvalue weighted by atomic mass is 16.7. The molecule has 12 atom stereocenters. The maximum Gasteiger partial charge on any atom is 0.342 e. The highest BCUT2D eigenvalue weighted by Crippen LogP contribution is 2.69. The summed E-state index contributed by atoms with van der Waals surface area (Å²) in [5.74, 6) is -4.59. The fraction of sp³-hybridized carbons (Fsp3) is 0.750. The van der Waals surface area contributed by atoms with Crippen LogP contribution in [-0.4, -0.2) is 94.5 Å². The number of rotatable bonds is 4. The molecule has 13 heteroatoms. The maximum absolute atomic E-state index is 13.1. The summed E-state index contributed by atoms with van der Waals surface area (Å²) in [7, 11) is 0. The van der Waals surface area contributed by atoms with Gasteiger partial charge in [-0.25, -0.2) is 4.79 Å². The fourth-order valence-electron chi connectivity index (χ4n) is 7.80. The summed E-state index contributed by atoms with van der Waals surface area (Å²) in [5.41, 5.74) is -5.34. The lowest BCUT2D eigenvalue weighted by molar-refractivity contribution is -0.241. The molecule has 1 N–H and O–H groups in total. The highest BCUT2D eigenvalue weighted by molar-refractivity contribution is 5.89. The van der Waals surface area contributed by atoms with Gasteiger partial charge in [0.1, 0.15) is 42.2 Å². The number of carbonyl (C=O) groups is 5. The lowest BCUT2D eigenvalue weighted by atomic mass is 9.52. The minimum atomic E-state index is -1.64. The molecule has 226 valence electrons. The molecule has 0 aromatic carbocycles. The molecule has 5 aliphatic rings. The molecular weight excluding hydrogens is 544 g/mol. The molecule has 5 rings (SSSR count). The normalized spacial score (nSPS) is 48.8. The van der Waals surface area contributed by atoms with Crippen molar-refractivity contribution in [1.82, 2.24) is 0 Å². The Hall–Kier alpha value is -3.03. The van der Waals surface area contributed by atoms with E-state index in [1.807, 2.05) is 0 Å². The second-order valence-electron chi connectivity index (χ2n) is 12.3. The van der Waals surface area contributed by atoms with E-state index in [1.54, 1.807) is 26.8 Å². The SMILES string of the molecule is CC(=O)O[C@@H]1[C@H]2[C@@]3(C)O[C@H]3[C@@H](O)[C@H](OC(C)=O)[C@]2(C)[C@@H](OC(C)=O)[C@H](OC(C)=O)C/C(C)=C\[C@@H]2OC(=O)[C@]3(C)O[C@@]213. The van der Waals surface area contributed by atoms with E-state index in [1.165, 1.54) is 27.7 Å². The first-order valence-electron chi connectivity index (χ1n) is 13.6. The molecule has 2 aliphatic carbocycles. The fourth-order valence-corrected chi connectivity index (χ4v) is 7.80. The number of epoxide rings is 2. The molecule has 0 radical (unpaired) electrons. The Morgan fingerprint density at radius 1 is 0.878 bits per heavy atom. The van der Waals surface area contributed by atoms with Gasteiger partial charge in [-0.2, -0.15) is 0 Å². The van der Waals surface area contributed by atoms with Crippen LogP contribution in [0.3, 0.4) is 0 Å². The summed E-state index contributed by atoms with van der Waals surface area (Å²) in [6, 6.07) is 0. The van der Waals surface area contributed by atoms with Crippen molar-refractivity contribution in [2.24, 2.45) is 11.3 Å². The molecular formula is C28H36O13. The summed E-state index contributed by atoms with van der Waals surface area (Å²) >= 11 is 0. The van der Waals surface area contributed by atoms with Crippen molar-refractivity contribution in [2.75, 3.05) is 0 Å². The first kappa shape index (κ1) is 29.5. The molecule has 3 saturated heterocycles. The van der Waals surface area contributed by atoms with E-state index in [0.717, 1.165) is 6.92 Å². The Labute approximate surface area is 236 Å². The highest BCUT2D eigenvalue weighted by Gasteiger charge is 2.90. The van der Waals surface area contributed by atoms with Gasteiger partial charge in [0.05, 0.1) is 5.41 Å². The van der Waals surface area contributed by atoms with Crippen LogP contribution < -0.4 is 0 Å². The van der Waals surface area contributed by atoms with Crippen LogP contribution in [0.25, 0.3) is 0 Å². The van der Waals surface area contributed by atoms with Gasteiger partial charge < -0.3 is 38.3 Å². The minimum Gasteiger partial charge on any atom is -0.459 e. The van der Waals surface area contributed by atoms with Crippen molar-refractivity contribution < 1.29 is 62.2 Å². The van der Waals surface area contributed by atoms with E-state index in [0.29, 0.717) is 5.57 Å². The number of aliphatic hydroxyl groups is 1. The first-order valence-corrected chi connectivity index (χ1v) is 13.6. The molecule has 4 fully saturated rings. The van der Waals surface area contributed by atoms with E-state index in [4.69, 9.17) is 33.2 Å². The predicted octanol–water partition coefficient (Wildman–Crippen LogP) is 0.671. The van der Waals surface area contributed by atoms with E-state index < -0.39 is 101 Å². The van der Waals surface area contributed by atoms with Crippen molar-refractivity contribution in [1.29, 1.82) is 0 Å². The third-order valence-electron chi connectivity index (χ3n) is 9.36. The molecule has 13 nitrogen and oxygen atoms in total. The predicted molar refractivity (Wildman–Crippen MR) is 134 cm³/mol. The molecule has 0 unspecified atom stereocenters. The Kier molecular flexibility index (Phi) is 6.64. The number of aliphatic hydroxyl groups excluding tert-OH is 1. The minimum absolute atomic E-state index is 0.0167. The van der Waals surface area contributed by atoms with Crippen molar-refractivity contribution in [2.45, 2.75) is 121 Å². The van der Waals surface area contributed by atoms with Crippen LogP contribution in [0.4, 0.5) is 0 Å². The summed E-state index contributed by atoms with van der Waals surface area (Å²) in [5, 5.41) is 11.5. The number of hydrogen-bond donors (Lipinski definition) is 1. The Balaban J connectivity index is 1.84. The van der Waals surface area contributed by atoms with Gasteiger partial charge >= 0.3 is 29.8 Å². The molecule has 3 heterocycles. The van der Waals surface area contributed by atoms with Crippen LogP contribution in [0.1, 0.15) is 61.8 Å². The largest absolute Gasteiger partial charge is 0.459 e. The zero-order valence-electron chi connectivity index (χ0n) is 24.2. The van der Waals surface area contributed by atoms with Crippen molar-refractivity contribution in [3.05, 3.63) is 11.6 Å². The molecule has 0 amide bonds. The Morgan fingerprint density at radius 2 is 1.41 bits per heavy atom. The number of esters is 5. The molecule has 0 aromatic rings. The number of ether oxygens (including phenoxy) is 7. The lowest BCUT2D eigenvalue weighted by Gasteiger charge is -2.55. The van der Waals surface area contributed by atoms with Gasteiger partial charge in [-0.3, -0.25) is 19.2 Å². The van der Waals surface area contributed by atoms with E-state index in [-0.39, 0.29) is 6.42 Å². The molecule has 3 aliphatic heterocycles. The number of hydrogen-bond acceptors (Lipinski definition) is 13. The van der Waals surface area contributed by atoms with Crippen molar-refractivity contribution in [3.8, 4) is 0 Å². The van der Waals surface area contributed by atoms with Gasteiger partial charge in [-0.15, -0.1) is 0 Å². The zero-order chi connectivity index (χ0) is 30.4. The first-order chi connectivity index (χ1) is 18.9. The second kappa shape index (κ2) is 9.23. The van der Waals surface area contributed by atoms with Crippen LogP contribution >= 0.6 is 0 Å². The summed E-state index contributed by atoms with van der Waals surface area (Å²) in [6.07, 6.45) is -6.85. The standard InChI is InChI=1S/C28H36O13/c1-11-9-16(35-12(2)29)20(36-13(3)30)25(6)19(26(7)22(40-26)18(33)21(25)37-14(4)31)23(38-15(5)32)28-17(10-11)39-24(34)27(28,8)41-28/h10,16-23,33H,9H2,1-8H3/b11-10-/t16-,17+,18+,19-,20+,21+,22+,23-,25+,26-,27+,28+/m1/s1. The van der Waals surface area contributed by atoms with E-state index >= 15 is 0 Å². The van der Waals surface area contributed by atoms with Gasteiger partial charge in [0.25, 0.3) is 0 Å². The molecule has 1 saturated carbocycles. The van der Waals surface area contributed by atoms with E-state index in [2.05, 4.69) is 0 Å². The van der Waals surface area contributed by atoms with Gasteiger partial charge in [-0.05, 0) is 26.8 Å². The van der Waals surface area contributed by atoms with Crippen LogP contribution in [0.2, 0.25) is 0 Å². The number of carbonyl (C=O) groups excluding carboxylic acids is 5. The maximum atomic E-state index is 13.1. The Bertz CT molecular complexity index is 1240. The van der Waals surface area contributed by atoms with Crippen LogP contribution in [-0.2, 0) is 57.1 Å². The van der Waals surface area contributed by atoms with Crippen molar-refractivity contribution in [3.63, 3.8) is 0 Å². The molecule has 41 heavy (non-hydrogen) atoms. The number of fused-ring (bicyclic) bond motifs is 3. The monoisotopic (exact) mass is 580 g/mol. The van der Waals surface area contributed by atoms with Gasteiger partial charge in [-0.1, -0.05) is 12.5 Å². The third kappa shape index (κ3) is 4.10. The lowest BCUT2D eigenvalue weighted by Crippen LogP contribution is -2.71. The van der Waals surface area contributed by atoms with Crippen LogP contribution in [0.5, 0.6) is 0 Å². The second-order valence-corrected chi connectivity index (χ2v) is 12.3. The van der Waals surface area contributed by atoms with Crippen molar-refractivity contribution >= 4 is 29.8 Å². The molecule has 0 aromatic heterocycles. The summed E-state index contributed by atoms with van der Waals surface area (Å²) in [4.78, 5) is 63.3. The quantitative estimate of drug-likeness (QED) is 0.213. The topological polar surface area (TPSA) is 177 Å². The average molecular weight is 581 g/mol. The van der Waals surface area contributed by atoms with Crippen LogP contribution in [0.15, 0.2) is 11.6 Å². The van der Waals surface area contributed by atoms with E-state index in [9.17, 15) is 29.1 Å². The summed E-state index contributed by atoms with van der Waals surface area (Å²) in [6.45, 7) is 11.3. The average Bonchev–Trinajstić information content (AvgIpc) is 3.68. The zero-order valence-corrected chi connectivity index (χ0v) is 24.2. The smallest absolute Gasteiger partial charge is 0.342 e. The third-order valence-corrected chi connectivity index (χ3v) is 9.36. The molecule has 1 spiro atoms. The Morgan fingerprint density at radius 3 is 1.95 bits per heavy atom. The van der Waals surface area contributed by atoms with Crippen LogP contribution in [0, 0.1) is 11.3 Å². The molecule has 0 bridgehead atoms. The van der Waals surface area contributed by atoms with Gasteiger partial charge in [0.15, 0.2) is 17.3 Å². The summed E-state index contributed by atoms with van der Waals surface area (Å²) < 4.78 is 41.4. The van der Waals surface area contributed by atoms with Gasteiger partial charge in [0, 0.05) is 40.0 Å². The van der Waals surface area contributed by atoms with Gasteiger partial charge in [0.2, 0.25) is 0 Å².